The fraction of sp³-hybridized carbons (Fsp3) is 0.571. The van der Waals surface area contributed by atoms with Crippen molar-refractivity contribution in [1.29, 1.82) is 0 Å². The predicted octanol–water partition coefficient (Wildman–Crippen LogP) is 2.60. The summed E-state index contributed by atoms with van der Waals surface area (Å²) >= 11 is 0. The highest BCUT2D eigenvalue weighted by Crippen LogP contribution is 2.11. The van der Waals surface area contributed by atoms with Gasteiger partial charge in [-0.05, 0) is 31.9 Å². The topological polar surface area (TPSA) is 30.5 Å². The van der Waals surface area contributed by atoms with Crippen molar-refractivity contribution in [3.8, 4) is 0 Å². The lowest BCUT2D eigenvalue weighted by molar-refractivity contribution is -0.0283. The summed E-state index contributed by atoms with van der Waals surface area (Å²) in [5, 5.41) is 3.36. The van der Waals surface area contributed by atoms with Crippen LogP contribution >= 0.6 is 0 Å². The van der Waals surface area contributed by atoms with Gasteiger partial charge in [-0.15, -0.1) is 0 Å². The van der Waals surface area contributed by atoms with Gasteiger partial charge in [0.15, 0.2) is 0 Å². The van der Waals surface area contributed by atoms with E-state index in [-0.39, 0.29) is 0 Å². The average Bonchev–Trinajstić information content (AvgIpc) is 2.38. The van der Waals surface area contributed by atoms with E-state index in [9.17, 15) is 0 Å². The van der Waals surface area contributed by atoms with Crippen LogP contribution in [0.4, 0.5) is 5.69 Å². The minimum absolute atomic E-state index is 0.392. The van der Waals surface area contributed by atoms with Crippen molar-refractivity contribution in [2.45, 2.75) is 25.9 Å². The van der Waals surface area contributed by atoms with Gasteiger partial charge < -0.3 is 14.8 Å². The molecule has 1 aromatic rings. The molecular weight excluding hydrogens is 214 g/mol. The highest BCUT2D eigenvalue weighted by atomic mass is 16.5. The summed E-state index contributed by atoms with van der Waals surface area (Å²) in [6.07, 6.45) is 2.46. The number of anilines is 1. The normalized spacial score (nSPS) is 17.0. The molecule has 2 rings (SSSR count). The zero-order valence-electron chi connectivity index (χ0n) is 10.4. The van der Waals surface area contributed by atoms with E-state index in [1.807, 2.05) is 0 Å². The van der Waals surface area contributed by atoms with Crippen LogP contribution in [0.5, 0.6) is 0 Å². The Morgan fingerprint density at radius 2 is 1.94 bits per heavy atom. The van der Waals surface area contributed by atoms with Crippen molar-refractivity contribution in [3.63, 3.8) is 0 Å². The highest BCUT2D eigenvalue weighted by Gasteiger charge is 2.13. The summed E-state index contributed by atoms with van der Waals surface area (Å²) in [6, 6.07) is 8.43. The molecule has 1 N–H and O–H groups in total. The van der Waals surface area contributed by atoms with Gasteiger partial charge in [0.05, 0.1) is 12.7 Å². The van der Waals surface area contributed by atoms with Crippen LogP contribution in [0.1, 0.15) is 18.4 Å². The van der Waals surface area contributed by atoms with Crippen molar-refractivity contribution in [3.05, 3.63) is 29.8 Å². The molecule has 0 saturated carbocycles. The van der Waals surface area contributed by atoms with Crippen LogP contribution in [0.3, 0.4) is 0 Å². The van der Waals surface area contributed by atoms with Gasteiger partial charge in [-0.3, -0.25) is 0 Å². The average molecular weight is 235 g/mol. The lowest BCUT2D eigenvalue weighted by atomic mass is 10.2. The third-order valence-corrected chi connectivity index (χ3v) is 3.00. The molecule has 0 atom stereocenters. The Kier molecular flexibility index (Phi) is 4.83. The van der Waals surface area contributed by atoms with Gasteiger partial charge in [0.25, 0.3) is 0 Å². The van der Waals surface area contributed by atoms with Gasteiger partial charge >= 0.3 is 0 Å². The Morgan fingerprint density at radius 1 is 1.24 bits per heavy atom. The third-order valence-electron chi connectivity index (χ3n) is 3.00. The number of hydrogen-bond acceptors (Lipinski definition) is 3. The number of hydrogen-bond donors (Lipinski definition) is 1. The molecule has 0 aliphatic carbocycles. The van der Waals surface area contributed by atoms with Gasteiger partial charge in [-0.25, -0.2) is 0 Å². The van der Waals surface area contributed by atoms with Crippen LogP contribution in [0.2, 0.25) is 0 Å². The first-order chi connectivity index (χ1) is 8.34. The fourth-order valence-electron chi connectivity index (χ4n) is 1.93. The van der Waals surface area contributed by atoms with E-state index >= 15 is 0 Å². The summed E-state index contributed by atoms with van der Waals surface area (Å²) in [7, 11) is 0. The second-order valence-corrected chi connectivity index (χ2v) is 4.48. The quantitative estimate of drug-likeness (QED) is 0.796. The van der Waals surface area contributed by atoms with Crippen molar-refractivity contribution in [2.24, 2.45) is 0 Å². The van der Waals surface area contributed by atoms with Crippen LogP contribution < -0.4 is 5.32 Å². The van der Waals surface area contributed by atoms with Gasteiger partial charge in [-0.2, -0.15) is 0 Å². The van der Waals surface area contributed by atoms with Crippen LogP contribution in [0, 0.1) is 6.92 Å². The highest BCUT2D eigenvalue weighted by molar-refractivity contribution is 5.44. The molecular formula is C14H21NO2. The first-order valence-electron chi connectivity index (χ1n) is 6.34. The molecule has 1 fully saturated rings. The van der Waals surface area contributed by atoms with Crippen LogP contribution in [0.25, 0.3) is 0 Å². The molecule has 0 spiro atoms. The second kappa shape index (κ2) is 6.62. The monoisotopic (exact) mass is 235 g/mol. The maximum absolute atomic E-state index is 5.79. The van der Waals surface area contributed by atoms with E-state index in [2.05, 4.69) is 36.5 Å². The lowest BCUT2D eigenvalue weighted by Gasteiger charge is -2.22. The van der Waals surface area contributed by atoms with Gasteiger partial charge in [-0.1, -0.05) is 17.7 Å². The second-order valence-electron chi connectivity index (χ2n) is 4.48. The summed E-state index contributed by atoms with van der Waals surface area (Å²) in [5.41, 5.74) is 2.44. The van der Waals surface area contributed by atoms with Crippen LogP contribution in [0.15, 0.2) is 24.3 Å². The molecule has 1 aromatic carbocycles. The Morgan fingerprint density at radius 3 is 2.65 bits per heavy atom. The Labute approximate surface area is 103 Å². The van der Waals surface area contributed by atoms with E-state index in [1.165, 1.54) is 5.56 Å². The maximum atomic E-state index is 5.79. The molecule has 94 valence electrons. The number of rotatable bonds is 5. The van der Waals surface area contributed by atoms with Gasteiger partial charge in [0, 0.05) is 25.4 Å². The maximum Gasteiger partial charge on any atom is 0.0642 e. The van der Waals surface area contributed by atoms with E-state index in [0.29, 0.717) is 6.10 Å². The summed E-state index contributed by atoms with van der Waals surface area (Å²) in [5.74, 6) is 0. The fourth-order valence-corrected chi connectivity index (χ4v) is 1.93. The molecule has 0 unspecified atom stereocenters. The molecule has 1 heterocycles. The summed E-state index contributed by atoms with van der Waals surface area (Å²) in [4.78, 5) is 0. The Balaban J connectivity index is 1.60. The first-order valence-corrected chi connectivity index (χ1v) is 6.34. The van der Waals surface area contributed by atoms with E-state index in [0.717, 1.165) is 44.9 Å². The third kappa shape index (κ3) is 4.36. The van der Waals surface area contributed by atoms with E-state index in [1.54, 1.807) is 0 Å². The molecule has 0 amide bonds. The smallest absolute Gasteiger partial charge is 0.0642 e. The summed E-state index contributed by atoms with van der Waals surface area (Å²) in [6.45, 7) is 5.41. The zero-order valence-corrected chi connectivity index (χ0v) is 10.4. The standard InChI is InChI=1S/C14H21NO2/c1-12-2-4-13(5-3-12)15-8-11-17-14-6-9-16-10-7-14/h2-5,14-15H,6-11H2,1H3. The van der Waals surface area contributed by atoms with Crippen molar-refractivity contribution in [1.82, 2.24) is 0 Å². The van der Waals surface area contributed by atoms with Crippen molar-refractivity contribution < 1.29 is 9.47 Å². The molecule has 17 heavy (non-hydrogen) atoms. The van der Waals surface area contributed by atoms with E-state index in [4.69, 9.17) is 9.47 Å². The number of benzene rings is 1. The Bertz CT molecular complexity index is 317. The molecule has 1 aliphatic heterocycles. The summed E-state index contributed by atoms with van der Waals surface area (Å²) < 4.78 is 11.1. The number of ether oxygens (including phenoxy) is 2. The van der Waals surface area contributed by atoms with Crippen molar-refractivity contribution >= 4 is 5.69 Å². The lowest BCUT2D eigenvalue weighted by Crippen LogP contribution is -2.25. The van der Waals surface area contributed by atoms with Gasteiger partial charge in [0.1, 0.15) is 0 Å². The molecule has 1 aliphatic rings. The first kappa shape index (κ1) is 12.4. The SMILES string of the molecule is Cc1ccc(NCCOC2CCOCC2)cc1. The van der Waals surface area contributed by atoms with Crippen LogP contribution in [-0.2, 0) is 9.47 Å². The molecule has 3 heteroatoms. The molecule has 0 bridgehead atoms. The van der Waals surface area contributed by atoms with Crippen molar-refractivity contribution in [2.75, 3.05) is 31.7 Å². The largest absolute Gasteiger partial charge is 0.383 e. The predicted molar refractivity (Wildman–Crippen MR) is 69.5 cm³/mol. The minimum Gasteiger partial charge on any atom is -0.383 e. The zero-order chi connectivity index (χ0) is 11.9. The molecule has 0 radical (unpaired) electrons. The van der Waals surface area contributed by atoms with Gasteiger partial charge in [0.2, 0.25) is 0 Å². The minimum atomic E-state index is 0.392. The van der Waals surface area contributed by atoms with Crippen LogP contribution in [-0.4, -0.2) is 32.5 Å². The molecule has 3 nitrogen and oxygen atoms in total. The molecule has 0 aromatic heterocycles. The Hall–Kier alpha value is -1.06. The number of nitrogens with one attached hydrogen (secondary N) is 1. The molecule has 1 saturated heterocycles. The number of aryl methyl sites for hydroxylation is 1. The van der Waals surface area contributed by atoms with E-state index < -0.39 is 0 Å².